The maximum Gasteiger partial charge on any atom is 0.132 e. The molecule has 1 aliphatic rings. The minimum absolute atomic E-state index is 1.10. The van der Waals surface area contributed by atoms with Crippen LogP contribution in [0.3, 0.4) is 0 Å². The highest BCUT2D eigenvalue weighted by Gasteiger charge is 2.19. The lowest BCUT2D eigenvalue weighted by Gasteiger charge is -2.16. The van der Waals surface area contributed by atoms with Crippen molar-refractivity contribution in [2.24, 2.45) is 0 Å². The van der Waals surface area contributed by atoms with Crippen molar-refractivity contribution in [1.82, 2.24) is 0 Å². The van der Waals surface area contributed by atoms with Crippen LogP contribution in [0.1, 0.15) is 6.42 Å². The number of hydrogen-bond donors (Lipinski definition) is 0. The molecular weight excluding hydrogens is 232 g/mol. The molecule has 0 unspecified atom stereocenters. The molecule has 0 saturated carbocycles. The van der Waals surface area contributed by atoms with Gasteiger partial charge in [-0.1, -0.05) is 94.5 Å². The van der Waals surface area contributed by atoms with E-state index in [1.54, 1.807) is 5.20 Å². The molecule has 0 aromatic heterocycles. The smallest absolute Gasteiger partial charge is 0.0810 e. The number of hydrogen-bond acceptors (Lipinski definition) is 0. The Morgan fingerprint density at radius 1 is 0.722 bits per heavy atom. The molecule has 88 valence electrons. The minimum atomic E-state index is -1.23. The fraction of sp³-hybridized carbons (Fsp3) is 0.0588. The van der Waals surface area contributed by atoms with Gasteiger partial charge >= 0.3 is 0 Å². The van der Waals surface area contributed by atoms with E-state index in [-0.39, 0.29) is 0 Å². The molecule has 1 heteroatoms. The summed E-state index contributed by atoms with van der Waals surface area (Å²) in [7, 11) is -1.23. The zero-order valence-electron chi connectivity index (χ0n) is 10.3. The van der Waals surface area contributed by atoms with Gasteiger partial charge in [-0.2, -0.15) is 0 Å². The summed E-state index contributed by atoms with van der Waals surface area (Å²) in [5.74, 6) is 0. The predicted molar refractivity (Wildman–Crippen MR) is 81.1 cm³/mol. The van der Waals surface area contributed by atoms with Gasteiger partial charge in [0.2, 0.25) is 0 Å². The highest BCUT2D eigenvalue weighted by molar-refractivity contribution is 6.91. The zero-order valence-corrected chi connectivity index (χ0v) is 11.4. The predicted octanol–water partition coefficient (Wildman–Crippen LogP) is 2.45. The fourth-order valence-corrected chi connectivity index (χ4v) is 5.63. The van der Waals surface area contributed by atoms with Gasteiger partial charge in [0.25, 0.3) is 0 Å². The fourth-order valence-electron chi connectivity index (χ4n) is 2.56. The lowest BCUT2D eigenvalue weighted by molar-refractivity contribution is 1.45. The molecule has 0 fully saturated rings. The quantitative estimate of drug-likeness (QED) is 0.732. The molecule has 2 aromatic carbocycles. The van der Waals surface area contributed by atoms with E-state index in [2.05, 4.69) is 78.9 Å². The van der Waals surface area contributed by atoms with E-state index >= 15 is 0 Å². The molecule has 0 radical (unpaired) electrons. The lowest BCUT2D eigenvalue weighted by atomic mass is 10.4. The van der Waals surface area contributed by atoms with Gasteiger partial charge in [-0.05, 0) is 6.42 Å². The first-order chi connectivity index (χ1) is 8.95. The highest BCUT2D eigenvalue weighted by Crippen LogP contribution is 2.13. The molecule has 0 nitrogen and oxygen atoms in total. The van der Waals surface area contributed by atoms with Crippen molar-refractivity contribution in [3.05, 3.63) is 84.1 Å². The first-order valence-electron chi connectivity index (χ1n) is 6.41. The summed E-state index contributed by atoms with van der Waals surface area (Å²) in [6.07, 6.45) is 8.06. The third-order valence-electron chi connectivity index (χ3n) is 3.40. The zero-order chi connectivity index (χ0) is 12.2. The number of rotatable bonds is 3. The van der Waals surface area contributed by atoms with E-state index in [0.717, 1.165) is 6.42 Å². The SMILES string of the molecule is C1=CC([SiH](c2ccccc2)c2ccccc2)=CC1. The maximum atomic E-state index is 2.39. The van der Waals surface area contributed by atoms with Crippen LogP contribution in [-0.2, 0) is 0 Å². The van der Waals surface area contributed by atoms with Gasteiger partial charge in [-0.25, -0.2) is 0 Å². The van der Waals surface area contributed by atoms with Crippen molar-refractivity contribution in [3.8, 4) is 0 Å². The van der Waals surface area contributed by atoms with Gasteiger partial charge in [-0.3, -0.25) is 0 Å². The monoisotopic (exact) mass is 248 g/mol. The van der Waals surface area contributed by atoms with Crippen LogP contribution in [0.25, 0.3) is 0 Å². The van der Waals surface area contributed by atoms with Crippen molar-refractivity contribution in [2.75, 3.05) is 0 Å². The number of allylic oxidation sites excluding steroid dienone is 4. The summed E-state index contributed by atoms with van der Waals surface area (Å²) in [6.45, 7) is 0. The highest BCUT2D eigenvalue weighted by atomic mass is 28.3. The minimum Gasteiger partial charge on any atom is -0.0810 e. The average molecular weight is 248 g/mol. The van der Waals surface area contributed by atoms with Crippen LogP contribution in [0.5, 0.6) is 0 Å². The Labute approximate surface area is 110 Å². The topological polar surface area (TPSA) is 0 Å². The molecule has 0 saturated heterocycles. The maximum absolute atomic E-state index is 2.39. The van der Waals surface area contributed by atoms with E-state index in [0.29, 0.717) is 0 Å². The largest absolute Gasteiger partial charge is 0.132 e. The van der Waals surface area contributed by atoms with E-state index in [1.807, 2.05) is 0 Å². The van der Waals surface area contributed by atoms with Gasteiger partial charge in [0.15, 0.2) is 0 Å². The molecule has 0 atom stereocenters. The molecule has 0 heterocycles. The van der Waals surface area contributed by atoms with Crippen molar-refractivity contribution in [1.29, 1.82) is 0 Å². The van der Waals surface area contributed by atoms with Crippen molar-refractivity contribution in [3.63, 3.8) is 0 Å². The molecular formula is C17H16Si. The molecule has 0 amide bonds. The summed E-state index contributed by atoms with van der Waals surface area (Å²) in [5.41, 5.74) is 0. The van der Waals surface area contributed by atoms with E-state index in [4.69, 9.17) is 0 Å². The third-order valence-corrected chi connectivity index (χ3v) is 6.60. The Morgan fingerprint density at radius 3 is 1.72 bits per heavy atom. The molecule has 0 spiro atoms. The average Bonchev–Trinajstić information content (AvgIpc) is 2.95. The standard InChI is InChI=1S/C17H16Si/c1-3-9-15(10-4-1)18(17-13-7-8-14-17)16-11-5-2-6-12-16/h1-7,9-14,18H,8H2. The van der Waals surface area contributed by atoms with Crippen LogP contribution >= 0.6 is 0 Å². The van der Waals surface area contributed by atoms with Crippen LogP contribution < -0.4 is 10.4 Å². The second-order valence-electron chi connectivity index (χ2n) is 4.60. The van der Waals surface area contributed by atoms with Gasteiger partial charge in [-0.15, -0.1) is 0 Å². The van der Waals surface area contributed by atoms with Crippen LogP contribution in [-0.4, -0.2) is 8.80 Å². The molecule has 0 aliphatic heterocycles. The molecule has 18 heavy (non-hydrogen) atoms. The van der Waals surface area contributed by atoms with Gasteiger partial charge < -0.3 is 0 Å². The van der Waals surface area contributed by atoms with Gasteiger partial charge in [0.05, 0.1) is 0 Å². The summed E-state index contributed by atoms with van der Waals surface area (Å²) in [5, 5.41) is 4.55. The van der Waals surface area contributed by atoms with Crippen molar-refractivity contribution >= 4 is 19.2 Å². The van der Waals surface area contributed by atoms with Crippen molar-refractivity contribution < 1.29 is 0 Å². The Hall–Kier alpha value is -1.86. The Balaban J connectivity index is 2.07. The summed E-state index contributed by atoms with van der Waals surface area (Å²) in [6, 6.07) is 21.9. The van der Waals surface area contributed by atoms with Crippen LogP contribution in [0.4, 0.5) is 0 Å². The normalized spacial score (nSPS) is 13.9. The van der Waals surface area contributed by atoms with Gasteiger partial charge in [0.1, 0.15) is 8.80 Å². The van der Waals surface area contributed by atoms with Gasteiger partial charge in [0, 0.05) is 0 Å². The second-order valence-corrected chi connectivity index (χ2v) is 7.46. The molecule has 2 aromatic rings. The lowest BCUT2D eigenvalue weighted by Crippen LogP contribution is -2.43. The van der Waals surface area contributed by atoms with Crippen molar-refractivity contribution in [2.45, 2.75) is 6.42 Å². The Kier molecular flexibility index (Phi) is 3.24. The molecule has 0 N–H and O–H groups in total. The summed E-state index contributed by atoms with van der Waals surface area (Å²) in [4.78, 5) is 0. The van der Waals surface area contributed by atoms with E-state index < -0.39 is 8.80 Å². The molecule has 0 bridgehead atoms. The Morgan fingerprint density at radius 2 is 1.28 bits per heavy atom. The first-order valence-corrected chi connectivity index (χ1v) is 8.15. The van der Waals surface area contributed by atoms with E-state index in [1.165, 1.54) is 10.4 Å². The molecule has 3 rings (SSSR count). The third kappa shape index (κ3) is 2.22. The Bertz CT molecular complexity index is 528. The van der Waals surface area contributed by atoms with Crippen LogP contribution in [0, 0.1) is 0 Å². The van der Waals surface area contributed by atoms with E-state index in [9.17, 15) is 0 Å². The summed E-state index contributed by atoms with van der Waals surface area (Å²) >= 11 is 0. The first kappa shape index (κ1) is 11.2. The van der Waals surface area contributed by atoms with Crippen LogP contribution in [0.15, 0.2) is 84.1 Å². The van der Waals surface area contributed by atoms with Crippen LogP contribution in [0.2, 0.25) is 0 Å². The summed E-state index contributed by atoms with van der Waals surface area (Å²) < 4.78 is 0. The number of benzene rings is 2. The molecule has 1 aliphatic carbocycles. The second kappa shape index (κ2) is 5.19.